The van der Waals surface area contributed by atoms with Crippen LogP contribution in [0.1, 0.15) is 66.4 Å². The highest BCUT2D eigenvalue weighted by molar-refractivity contribution is 6.31. The SMILES string of the molecule is CC(C#N)n1cc(C(=O)C2CCC3(CC2)OC(O)c2ccccc23)c2ccc(Cl)cc21. The number of Topliss-reactive ketones (excluding diaryl/α,β-unsaturated/α-hetero) is 1. The number of aliphatic hydroxyl groups excluding tert-OH is 1. The van der Waals surface area contributed by atoms with Crippen molar-refractivity contribution in [2.75, 3.05) is 0 Å². The molecule has 2 atom stereocenters. The molecule has 0 amide bonds. The minimum absolute atomic E-state index is 0.0953. The molecule has 1 aliphatic heterocycles. The number of carbonyl (C=O) groups excluding carboxylic acids is 1. The van der Waals surface area contributed by atoms with Crippen molar-refractivity contribution in [1.29, 1.82) is 5.26 Å². The van der Waals surface area contributed by atoms with Crippen molar-refractivity contribution in [2.24, 2.45) is 5.92 Å². The maximum atomic E-state index is 13.5. The number of ketones is 1. The van der Waals surface area contributed by atoms with E-state index < -0.39 is 17.9 Å². The van der Waals surface area contributed by atoms with Crippen LogP contribution in [0.2, 0.25) is 5.02 Å². The van der Waals surface area contributed by atoms with Crippen LogP contribution in [0.5, 0.6) is 0 Å². The second kappa shape index (κ2) is 7.49. The van der Waals surface area contributed by atoms with Crippen molar-refractivity contribution < 1.29 is 14.6 Å². The highest BCUT2D eigenvalue weighted by Gasteiger charge is 2.47. The lowest BCUT2D eigenvalue weighted by molar-refractivity contribution is -0.185. The van der Waals surface area contributed by atoms with Crippen molar-refractivity contribution in [3.05, 3.63) is 70.4 Å². The van der Waals surface area contributed by atoms with E-state index in [1.807, 2.05) is 41.0 Å². The molecule has 5 rings (SSSR count). The van der Waals surface area contributed by atoms with E-state index in [2.05, 4.69) is 6.07 Å². The van der Waals surface area contributed by atoms with Crippen molar-refractivity contribution >= 4 is 28.3 Å². The fourth-order valence-corrected chi connectivity index (χ4v) is 5.39. The van der Waals surface area contributed by atoms with Crippen LogP contribution in [-0.2, 0) is 10.3 Å². The Morgan fingerprint density at radius 3 is 2.77 bits per heavy atom. The van der Waals surface area contributed by atoms with Gasteiger partial charge in [-0.3, -0.25) is 4.79 Å². The number of nitriles is 1. The number of halogens is 1. The number of rotatable bonds is 3. The second-order valence-corrected chi connectivity index (χ2v) is 9.04. The fraction of sp³-hybridized carbons (Fsp3) is 0.360. The van der Waals surface area contributed by atoms with Gasteiger partial charge in [0.15, 0.2) is 12.1 Å². The zero-order valence-electron chi connectivity index (χ0n) is 17.2. The molecule has 2 heterocycles. The largest absolute Gasteiger partial charge is 0.364 e. The number of aliphatic hydroxyl groups is 1. The standard InChI is InChI=1S/C25H23ClN2O3/c1-15(13-27)28-14-20(18-7-6-17(26)12-22(18)28)23(29)16-8-10-25(11-9-16)21-5-3-2-4-19(21)24(30)31-25/h2-7,12,14-16,24,30H,8-11H2,1H3. The summed E-state index contributed by atoms with van der Waals surface area (Å²) in [5, 5.41) is 21.2. The molecule has 6 heteroatoms. The molecule has 1 aromatic heterocycles. The lowest BCUT2D eigenvalue weighted by Crippen LogP contribution is -2.34. The highest BCUT2D eigenvalue weighted by atomic mass is 35.5. The van der Waals surface area contributed by atoms with Gasteiger partial charge in [0.2, 0.25) is 0 Å². The first-order chi connectivity index (χ1) is 14.9. The Labute approximate surface area is 185 Å². The van der Waals surface area contributed by atoms with Gasteiger partial charge in [0.1, 0.15) is 6.04 Å². The summed E-state index contributed by atoms with van der Waals surface area (Å²) in [5.74, 6) is -0.0239. The van der Waals surface area contributed by atoms with E-state index in [1.165, 1.54) is 0 Å². The molecule has 0 saturated heterocycles. The predicted molar refractivity (Wildman–Crippen MR) is 118 cm³/mol. The van der Waals surface area contributed by atoms with E-state index in [-0.39, 0.29) is 11.7 Å². The van der Waals surface area contributed by atoms with Gasteiger partial charge in [-0.1, -0.05) is 41.9 Å². The molecule has 158 valence electrons. The lowest BCUT2D eigenvalue weighted by Gasteiger charge is -2.36. The monoisotopic (exact) mass is 434 g/mol. The van der Waals surface area contributed by atoms with Crippen molar-refractivity contribution in [3.63, 3.8) is 0 Å². The van der Waals surface area contributed by atoms with E-state index in [0.29, 0.717) is 36.3 Å². The predicted octanol–water partition coefficient (Wildman–Crippen LogP) is 5.67. The summed E-state index contributed by atoms with van der Waals surface area (Å²) < 4.78 is 7.84. The molecule has 1 spiro atoms. The number of benzene rings is 2. The number of hydrogen-bond acceptors (Lipinski definition) is 4. The third-order valence-electron chi connectivity index (χ3n) is 6.88. The van der Waals surface area contributed by atoms with Crippen LogP contribution in [0.15, 0.2) is 48.7 Å². The van der Waals surface area contributed by atoms with Gasteiger partial charge in [0, 0.05) is 33.7 Å². The van der Waals surface area contributed by atoms with Gasteiger partial charge in [-0.15, -0.1) is 0 Å². The number of nitrogens with zero attached hydrogens (tertiary/aromatic N) is 2. The molecular weight excluding hydrogens is 412 g/mol. The zero-order valence-corrected chi connectivity index (χ0v) is 18.0. The molecule has 1 saturated carbocycles. The van der Waals surface area contributed by atoms with Crippen LogP contribution < -0.4 is 0 Å². The zero-order chi connectivity index (χ0) is 21.8. The van der Waals surface area contributed by atoms with Crippen molar-refractivity contribution in [1.82, 2.24) is 4.57 Å². The number of hydrogen-bond donors (Lipinski definition) is 1. The van der Waals surface area contributed by atoms with Gasteiger partial charge in [0.25, 0.3) is 0 Å². The number of aromatic nitrogens is 1. The maximum absolute atomic E-state index is 13.5. The molecule has 2 aromatic carbocycles. The van der Waals surface area contributed by atoms with Gasteiger partial charge in [-0.05, 0) is 50.3 Å². The molecule has 0 radical (unpaired) electrons. The van der Waals surface area contributed by atoms with Crippen LogP contribution in [-0.4, -0.2) is 15.5 Å². The summed E-state index contributed by atoms with van der Waals surface area (Å²) in [6.45, 7) is 1.80. The van der Waals surface area contributed by atoms with E-state index >= 15 is 0 Å². The minimum Gasteiger partial charge on any atom is -0.364 e. The molecule has 3 aromatic rings. The van der Waals surface area contributed by atoms with Crippen LogP contribution in [0.3, 0.4) is 0 Å². The van der Waals surface area contributed by atoms with Gasteiger partial charge >= 0.3 is 0 Å². The number of carbonyl (C=O) groups is 1. The summed E-state index contributed by atoms with van der Waals surface area (Å²) in [7, 11) is 0. The lowest BCUT2D eigenvalue weighted by atomic mass is 9.73. The van der Waals surface area contributed by atoms with E-state index in [0.717, 1.165) is 22.0 Å². The average Bonchev–Trinajstić information content (AvgIpc) is 3.29. The Bertz CT molecular complexity index is 1220. The molecule has 2 unspecified atom stereocenters. The quantitative estimate of drug-likeness (QED) is 0.539. The van der Waals surface area contributed by atoms with Crippen LogP contribution in [0.25, 0.3) is 10.9 Å². The van der Waals surface area contributed by atoms with E-state index in [1.54, 1.807) is 19.2 Å². The Kier molecular flexibility index (Phi) is 4.90. The van der Waals surface area contributed by atoms with Gasteiger partial charge in [-0.2, -0.15) is 5.26 Å². The summed E-state index contributed by atoms with van der Waals surface area (Å²) in [4.78, 5) is 13.5. The van der Waals surface area contributed by atoms with Gasteiger partial charge in [-0.25, -0.2) is 0 Å². The summed E-state index contributed by atoms with van der Waals surface area (Å²) in [6, 6.07) is 15.1. The highest BCUT2D eigenvalue weighted by Crippen LogP contribution is 2.52. The Hall–Kier alpha value is -2.65. The van der Waals surface area contributed by atoms with Crippen LogP contribution >= 0.6 is 11.6 Å². The molecule has 5 nitrogen and oxygen atoms in total. The maximum Gasteiger partial charge on any atom is 0.182 e. The average molecular weight is 435 g/mol. The molecule has 2 aliphatic rings. The number of fused-ring (bicyclic) bond motifs is 3. The first-order valence-electron chi connectivity index (χ1n) is 10.6. The van der Waals surface area contributed by atoms with Gasteiger partial charge < -0.3 is 14.4 Å². The molecule has 1 aliphatic carbocycles. The second-order valence-electron chi connectivity index (χ2n) is 8.61. The third-order valence-corrected chi connectivity index (χ3v) is 7.12. The first kappa shape index (κ1) is 20.3. The summed E-state index contributed by atoms with van der Waals surface area (Å²) >= 11 is 6.18. The fourth-order valence-electron chi connectivity index (χ4n) is 5.22. The topological polar surface area (TPSA) is 75.2 Å². The van der Waals surface area contributed by atoms with Crippen molar-refractivity contribution in [3.8, 4) is 6.07 Å². The summed E-state index contributed by atoms with van der Waals surface area (Å²) in [6.07, 6.45) is 3.65. The Morgan fingerprint density at radius 1 is 1.29 bits per heavy atom. The number of ether oxygens (including phenoxy) is 1. The Balaban J connectivity index is 1.43. The summed E-state index contributed by atoms with van der Waals surface area (Å²) in [5.41, 5.74) is 2.81. The van der Waals surface area contributed by atoms with Crippen LogP contribution in [0, 0.1) is 17.2 Å². The van der Waals surface area contributed by atoms with Crippen molar-refractivity contribution in [2.45, 2.75) is 50.5 Å². The Morgan fingerprint density at radius 2 is 2.03 bits per heavy atom. The van der Waals surface area contributed by atoms with Gasteiger partial charge in [0.05, 0.1) is 17.2 Å². The molecule has 1 N–H and O–H groups in total. The normalized spacial score (nSPS) is 26.0. The third kappa shape index (κ3) is 3.18. The van der Waals surface area contributed by atoms with E-state index in [9.17, 15) is 15.2 Å². The molecule has 0 bridgehead atoms. The first-order valence-corrected chi connectivity index (χ1v) is 11.0. The molecular formula is C25H23ClN2O3. The molecule has 1 fully saturated rings. The van der Waals surface area contributed by atoms with Crippen LogP contribution in [0.4, 0.5) is 0 Å². The van der Waals surface area contributed by atoms with E-state index in [4.69, 9.17) is 16.3 Å². The molecule has 31 heavy (non-hydrogen) atoms. The smallest absolute Gasteiger partial charge is 0.182 e. The minimum atomic E-state index is -0.904.